The van der Waals surface area contributed by atoms with Crippen molar-refractivity contribution in [2.75, 3.05) is 19.6 Å². The predicted octanol–water partition coefficient (Wildman–Crippen LogP) is 5.12. The maximum atomic E-state index is 15.0. The van der Waals surface area contributed by atoms with Crippen LogP contribution in [0.5, 0.6) is 0 Å². The number of fused-ring (bicyclic) bond motifs is 1. The molecule has 6 heterocycles. The third kappa shape index (κ3) is 5.94. The van der Waals surface area contributed by atoms with Crippen molar-refractivity contribution in [1.82, 2.24) is 41.4 Å². The van der Waals surface area contributed by atoms with E-state index in [0.29, 0.717) is 40.9 Å². The van der Waals surface area contributed by atoms with Gasteiger partial charge in [-0.3, -0.25) is 19.3 Å². The summed E-state index contributed by atoms with van der Waals surface area (Å²) >= 11 is -0.472. The molecule has 1 fully saturated rings. The summed E-state index contributed by atoms with van der Waals surface area (Å²) in [4.78, 5) is 47.5. The van der Waals surface area contributed by atoms with Gasteiger partial charge in [0.1, 0.15) is 11.5 Å². The molecular weight excluding hydrogens is 781 g/mol. The molecule has 7 N–H and O–H groups in total. The Bertz CT molecular complexity index is 1730. The number of imidazole rings is 1. The van der Waals surface area contributed by atoms with Crippen LogP contribution >= 0.6 is 18.8 Å². The molecule has 1 saturated heterocycles. The van der Waals surface area contributed by atoms with E-state index in [1.807, 2.05) is 27.7 Å². The number of benzene rings is 1. The molecule has 0 saturated carbocycles. The van der Waals surface area contributed by atoms with E-state index in [1.165, 1.54) is 12.1 Å². The predicted molar refractivity (Wildman–Crippen MR) is 160 cm³/mol. The summed E-state index contributed by atoms with van der Waals surface area (Å²) in [5.41, 5.74) is 3.47. The molecule has 3 aliphatic rings. The number of nitrogens with zero attached hydrogens (tertiary/aromatic N) is 5. The minimum atomic E-state index is -0.528. The number of urea groups is 1. The number of imide groups is 1. The molecule has 43 heavy (non-hydrogen) atoms. The molecule has 3 aliphatic heterocycles. The maximum absolute atomic E-state index is 15.0. The van der Waals surface area contributed by atoms with Crippen molar-refractivity contribution in [2.24, 2.45) is 0 Å². The van der Waals surface area contributed by atoms with E-state index >= 15 is 4.39 Å². The molecule has 0 radical (unpaired) electrons. The molecule has 0 atom stereocenters. The average molecular weight is 813 g/mol. The van der Waals surface area contributed by atoms with E-state index in [1.54, 1.807) is 27.9 Å². The van der Waals surface area contributed by atoms with Crippen molar-refractivity contribution in [3.63, 3.8) is 0 Å². The van der Waals surface area contributed by atoms with Crippen molar-refractivity contribution >= 4 is 64.4 Å². The molecule has 0 spiro atoms. The topological polar surface area (TPSA) is 162 Å². The average Bonchev–Trinajstić information content (AvgIpc) is 3.59. The Balaban J connectivity index is 0.000000814. The van der Waals surface area contributed by atoms with Gasteiger partial charge >= 0.3 is 41.3 Å². The first-order chi connectivity index (χ1) is 19.9. The standard InChI is InChI=1S/C28H25FN6O3.2ClH.2H3N.Pt/c29-18-12-17-15-34(28(38)32-7-3-1-4-8-32)11-10-33-16-20(19(13-18)25(17)33)23-24(27(37)31-26(23)36)21-14-30-22-6-2-5-9-35(21)22;;;;;/h2,5-6,9,12-14,16H,1,3-4,7-8,10-11,15H2,(H,31,36,37);2*1H;2*1H3;/q;;;;;+2/p-2. The molecule has 1 aromatic carbocycles. The number of amides is 4. The number of likely N-dealkylation sites (tertiary alicyclic amines) is 1. The van der Waals surface area contributed by atoms with Gasteiger partial charge in [0.25, 0.3) is 11.8 Å². The summed E-state index contributed by atoms with van der Waals surface area (Å²) in [6.45, 7) is 2.71. The Morgan fingerprint density at radius 2 is 1.67 bits per heavy atom. The third-order valence-corrected chi connectivity index (χ3v) is 7.76. The first-order valence-corrected chi connectivity index (χ1v) is 18.7. The van der Waals surface area contributed by atoms with Gasteiger partial charge in [-0.1, -0.05) is 6.07 Å². The molecule has 0 bridgehead atoms. The van der Waals surface area contributed by atoms with Gasteiger partial charge in [-0.15, -0.1) is 0 Å². The fourth-order valence-corrected chi connectivity index (χ4v) is 6.02. The van der Waals surface area contributed by atoms with Crippen LogP contribution in [0, 0.1) is 5.82 Å². The summed E-state index contributed by atoms with van der Waals surface area (Å²) in [6, 6.07) is 8.33. The van der Waals surface area contributed by atoms with E-state index in [-0.39, 0.29) is 36.0 Å². The van der Waals surface area contributed by atoms with Crippen LogP contribution in [0.15, 0.2) is 48.9 Å². The van der Waals surface area contributed by atoms with Crippen molar-refractivity contribution in [2.45, 2.75) is 32.4 Å². The van der Waals surface area contributed by atoms with E-state index in [0.717, 1.165) is 37.9 Å². The second kappa shape index (κ2) is 13.6. The van der Waals surface area contributed by atoms with Crippen LogP contribution in [-0.4, -0.2) is 61.2 Å². The van der Waals surface area contributed by atoms with Gasteiger partial charge < -0.3 is 26.7 Å². The van der Waals surface area contributed by atoms with Crippen LogP contribution < -0.4 is 17.6 Å². The second-order valence-electron chi connectivity index (χ2n) is 10.1. The van der Waals surface area contributed by atoms with Gasteiger partial charge in [0.15, 0.2) is 0 Å². The quantitative estimate of drug-likeness (QED) is 0.238. The zero-order chi connectivity index (χ0) is 28.7. The van der Waals surface area contributed by atoms with Gasteiger partial charge in [-0.2, -0.15) is 0 Å². The fraction of sp³-hybridized carbons (Fsp3) is 0.286. The van der Waals surface area contributed by atoms with Crippen molar-refractivity contribution in [3.05, 3.63) is 71.6 Å². The monoisotopic (exact) mass is 811 g/mol. The Morgan fingerprint density at radius 3 is 2.42 bits per heavy atom. The number of pyridine rings is 1. The van der Waals surface area contributed by atoms with E-state index in [9.17, 15) is 14.4 Å². The van der Waals surface area contributed by atoms with Gasteiger partial charge in [-0.05, 0) is 49.1 Å². The van der Waals surface area contributed by atoms with Crippen molar-refractivity contribution in [1.29, 1.82) is 0 Å². The van der Waals surface area contributed by atoms with Gasteiger partial charge in [0, 0.05) is 56.1 Å². The van der Waals surface area contributed by atoms with Crippen molar-refractivity contribution in [3.8, 4) is 0 Å². The van der Waals surface area contributed by atoms with Crippen molar-refractivity contribution < 1.29 is 35.3 Å². The number of rotatable bonds is 2. The fourth-order valence-electron chi connectivity index (χ4n) is 6.02. The van der Waals surface area contributed by atoms with Gasteiger partial charge in [0.2, 0.25) is 0 Å². The normalized spacial score (nSPS) is 16.4. The first kappa shape index (κ1) is 32.6. The Kier molecular flexibility index (Phi) is 10.3. The number of carbonyl (C=O) groups excluding carboxylic acids is 3. The van der Waals surface area contributed by atoms with Crippen LogP contribution in [0.3, 0.4) is 0 Å². The number of carbonyl (C=O) groups is 3. The van der Waals surface area contributed by atoms with E-state index in [2.05, 4.69) is 10.3 Å². The minimum absolute atomic E-state index is 0. The zero-order valence-electron chi connectivity index (χ0n) is 23.1. The SMILES string of the molecule is N.N.O=C1NC(=O)C(c2cnc3ccccn23)=C1c1cn2c3c(cc(F)cc13)CN(C(=O)N1CCCCC1)CC2.[Cl][Pt][Cl]. The third-order valence-electron chi connectivity index (χ3n) is 7.76. The number of halogens is 3. The van der Waals surface area contributed by atoms with Crippen LogP contribution in [-0.2, 0) is 39.2 Å². The van der Waals surface area contributed by atoms with Crippen LogP contribution in [0.1, 0.15) is 36.1 Å². The van der Waals surface area contributed by atoms with Crippen LogP contribution in [0.4, 0.5) is 9.18 Å². The molecular formula is C28H31Cl2FN8O3Pt. The number of nitrogens with one attached hydrogen (secondary N) is 1. The molecule has 0 aliphatic carbocycles. The number of aromatic nitrogens is 3. The summed E-state index contributed by atoms with van der Waals surface area (Å²) in [5, 5.41) is 2.96. The molecule has 15 heteroatoms. The Morgan fingerprint density at radius 1 is 0.953 bits per heavy atom. The van der Waals surface area contributed by atoms with Crippen LogP contribution in [0.25, 0.3) is 27.7 Å². The number of piperidine rings is 1. The molecule has 4 amide bonds. The first-order valence-electron chi connectivity index (χ1n) is 13.1. The van der Waals surface area contributed by atoms with Gasteiger partial charge in [-0.25, -0.2) is 14.2 Å². The van der Waals surface area contributed by atoms with E-state index < -0.39 is 34.1 Å². The van der Waals surface area contributed by atoms with Crippen LogP contribution in [0.2, 0.25) is 0 Å². The number of hydrogen-bond donors (Lipinski definition) is 3. The van der Waals surface area contributed by atoms with Gasteiger partial charge in [0.05, 0.1) is 28.6 Å². The summed E-state index contributed by atoms with van der Waals surface area (Å²) < 4.78 is 18.8. The zero-order valence-corrected chi connectivity index (χ0v) is 26.9. The molecule has 232 valence electrons. The van der Waals surface area contributed by atoms with E-state index in [4.69, 9.17) is 18.8 Å². The molecule has 4 aromatic rings. The Hall–Kier alpha value is -3.28. The molecule has 0 unspecified atom stereocenters. The number of hydrogen-bond acceptors (Lipinski definition) is 6. The molecule has 11 nitrogen and oxygen atoms in total. The molecule has 7 rings (SSSR count). The second-order valence-corrected chi connectivity index (χ2v) is 13.4. The summed E-state index contributed by atoms with van der Waals surface area (Å²) in [5.74, 6) is -1.50. The molecule has 3 aromatic heterocycles. The Labute approximate surface area is 263 Å². The summed E-state index contributed by atoms with van der Waals surface area (Å²) in [7, 11) is 9.75. The summed E-state index contributed by atoms with van der Waals surface area (Å²) in [6.07, 6.45) is 8.29.